The first-order valence-electron chi connectivity index (χ1n) is 9.65. The monoisotopic (exact) mass is 414 g/mol. The molecule has 0 saturated heterocycles. The first-order chi connectivity index (χ1) is 15.2. The van der Waals surface area contributed by atoms with E-state index in [4.69, 9.17) is 14.2 Å². The van der Waals surface area contributed by atoms with Crippen molar-refractivity contribution in [1.82, 2.24) is 0 Å². The highest BCUT2D eigenvalue weighted by atomic mass is 16.7. The van der Waals surface area contributed by atoms with Crippen LogP contribution in [0.5, 0.6) is 17.2 Å². The summed E-state index contributed by atoms with van der Waals surface area (Å²) in [5, 5.41) is 3.13. The molecular weight excluding hydrogens is 396 g/mol. The second-order valence-corrected chi connectivity index (χ2v) is 6.96. The number of amides is 2. The molecule has 154 valence electrons. The van der Waals surface area contributed by atoms with Crippen molar-refractivity contribution in [2.45, 2.75) is 0 Å². The molecule has 0 bridgehead atoms. The molecule has 1 N–H and O–H groups in total. The molecule has 3 aromatic rings. The fourth-order valence-electron chi connectivity index (χ4n) is 3.62. The quantitative estimate of drug-likeness (QED) is 0.640. The van der Waals surface area contributed by atoms with Crippen LogP contribution in [0.2, 0.25) is 0 Å². The Morgan fingerprint density at radius 2 is 1.68 bits per heavy atom. The van der Waals surface area contributed by atoms with Gasteiger partial charge in [0.05, 0.1) is 18.4 Å². The van der Waals surface area contributed by atoms with E-state index in [-0.39, 0.29) is 12.5 Å². The van der Waals surface area contributed by atoms with Gasteiger partial charge in [-0.15, -0.1) is 0 Å². The molecule has 0 radical (unpaired) electrons. The van der Waals surface area contributed by atoms with Gasteiger partial charge in [0.25, 0.3) is 11.8 Å². The van der Waals surface area contributed by atoms with Crippen LogP contribution in [0.1, 0.15) is 5.56 Å². The van der Waals surface area contributed by atoms with Gasteiger partial charge in [0.1, 0.15) is 11.4 Å². The first kappa shape index (κ1) is 18.7. The highest BCUT2D eigenvalue weighted by molar-refractivity contribution is 6.46. The Kier molecular flexibility index (Phi) is 4.55. The molecule has 7 heteroatoms. The van der Waals surface area contributed by atoms with E-state index in [1.54, 1.807) is 54.6 Å². The predicted molar refractivity (Wildman–Crippen MR) is 115 cm³/mol. The summed E-state index contributed by atoms with van der Waals surface area (Å²) < 4.78 is 16.0. The van der Waals surface area contributed by atoms with Crippen LogP contribution in [0.3, 0.4) is 0 Å². The number of imide groups is 1. The van der Waals surface area contributed by atoms with Crippen molar-refractivity contribution in [2.75, 3.05) is 24.1 Å². The summed E-state index contributed by atoms with van der Waals surface area (Å²) >= 11 is 0. The summed E-state index contributed by atoms with van der Waals surface area (Å²) in [6.07, 6.45) is 0. The standard InChI is InChI=1S/C24H18N2O5/c1-29-18-9-5-8-17(13-18)26-23(27)21(15-6-3-2-4-7-15)22(24(26)28)25-16-10-11-19-20(12-16)31-14-30-19/h2-13,25H,14H2,1H3. The molecule has 0 unspecified atom stereocenters. The predicted octanol–water partition coefficient (Wildman–Crippen LogP) is 3.82. The average Bonchev–Trinajstić information content (AvgIpc) is 3.36. The minimum Gasteiger partial charge on any atom is -0.497 e. The fourth-order valence-corrected chi connectivity index (χ4v) is 3.62. The fraction of sp³-hybridized carbons (Fsp3) is 0.0833. The highest BCUT2D eigenvalue weighted by Gasteiger charge is 2.40. The second-order valence-electron chi connectivity index (χ2n) is 6.96. The lowest BCUT2D eigenvalue weighted by Crippen LogP contribution is -2.32. The maximum atomic E-state index is 13.4. The zero-order valence-electron chi connectivity index (χ0n) is 16.6. The SMILES string of the molecule is COc1cccc(N2C(=O)C(Nc3ccc4c(c3)OCO4)=C(c3ccccc3)C2=O)c1. The molecule has 0 aromatic heterocycles. The second kappa shape index (κ2) is 7.53. The van der Waals surface area contributed by atoms with E-state index in [0.29, 0.717) is 39.8 Å². The van der Waals surface area contributed by atoms with E-state index >= 15 is 0 Å². The van der Waals surface area contributed by atoms with Gasteiger partial charge in [-0.1, -0.05) is 36.4 Å². The Morgan fingerprint density at radius 3 is 2.48 bits per heavy atom. The number of hydrogen-bond acceptors (Lipinski definition) is 6. The number of methoxy groups -OCH3 is 1. The Morgan fingerprint density at radius 1 is 0.871 bits per heavy atom. The third kappa shape index (κ3) is 3.26. The Hall–Kier alpha value is -4.26. The van der Waals surface area contributed by atoms with E-state index in [9.17, 15) is 9.59 Å². The van der Waals surface area contributed by atoms with Crippen LogP contribution in [-0.2, 0) is 9.59 Å². The number of hydrogen-bond donors (Lipinski definition) is 1. The normalized spacial score (nSPS) is 14.9. The van der Waals surface area contributed by atoms with Crippen LogP contribution in [-0.4, -0.2) is 25.7 Å². The summed E-state index contributed by atoms with van der Waals surface area (Å²) in [7, 11) is 1.53. The summed E-state index contributed by atoms with van der Waals surface area (Å²) in [5.41, 5.74) is 2.19. The van der Waals surface area contributed by atoms with Crippen molar-refractivity contribution in [2.24, 2.45) is 0 Å². The van der Waals surface area contributed by atoms with E-state index in [2.05, 4.69) is 5.32 Å². The zero-order chi connectivity index (χ0) is 21.4. The van der Waals surface area contributed by atoms with Crippen LogP contribution in [0.15, 0.2) is 78.5 Å². The molecular formula is C24H18N2O5. The molecule has 2 heterocycles. The van der Waals surface area contributed by atoms with Crippen molar-refractivity contribution in [3.63, 3.8) is 0 Å². The molecule has 7 nitrogen and oxygen atoms in total. The highest BCUT2D eigenvalue weighted by Crippen LogP contribution is 2.38. The number of anilines is 2. The van der Waals surface area contributed by atoms with Crippen LogP contribution in [0, 0.1) is 0 Å². The molecule has 5 rings (SSSR count). The van der Waals surface area contributed by atoms with Crippen LogP contribution < -0.4 is 24.4 Å². The van der Waals surface area contributed by atoms with Gasteiger partial charge in [-0.2, -0.15) is 0 Å². The molecule has 0 spiro atoms. The maximum Gasteiger partial charge on any atom is 0.282 e. The van der Waals surface area contributed by atoms with Crippen LogP contribution in [0.25, 0.3) is 5.57 Å². The molecule has 2 aliphatic rings. The number of ether oxygens (including phenoxy) is 3. The van der Waals surface area contributed by atoms with Crippen molar-refractivity contribution in [3.8, 4) is 17.2 Å². The van der Waals surface area contributed by atoms with Gasteiger partial charge in [0, 0.05) is 17.8 Å². The number of fused-ring (bicyclic) bond motifs is 1. The van der Waals surface area contributed by atoms with Crippen LogP contribution in [0.4, 0.5) is 11.4 Å². The van der Waals surface area contributed by atoms with Gasteiger partial charge in [0.15, 0.2) is 11.5 Å². The Balaban J connectivity index is 1.58. The smallest absolute Gasteiger partial charge is 0.282 e. The van der Waals surface area contributed by atoms with E-state index in [1.165, 1.54) is 7.11 Å². The van der Waals surface area contributed by atoms with E-state index in [1.807, 2.05) is 18.2 Å². The van der Waals surface area contributed by atoms with Gasteiger partial charge in [-0.25, -0.2) is 4.90 Å². The van der Waals surface area contributed by atoms with Gasteiger partial charge in [-0.05, 0) is 29.8 Å². The molecule has 0 aliphatic carbocycles. The topological polar surface area (TPSA) is 77.1 Å². The molecule has 0 fully saturated rings. The summed E-state index contributed by atoms with van der Waals surface area (Å²) in [4.78, 5) is 28.0. The summed E-state index contributed by atoms with van der Waals surface area (Å²) in [5.74, 6) is 0.905. The van der Waals surface area contributed by atoms with Gasteiger partial charge < -0.3 is 19.5 Å². The number of carbonyl (C=O) groups excluding carboxylic acids is 2. The molecule has 0 atom stereocenters. The minimum absolute atomic E-state index is 0.151. The van der Waals surface area contributed by atoms with Crippen molar-refractivity contribution < 1.29 is 23.8 Å². The lowest BCUT2D eigenvalue weighted by molar-refractivity contribution is -0.120. The molecule has 3 aromatic carbocycles. The third-order valence-electron chi connectivity index (χ3n) is 5.10. The van der Waals surface area contributed by atoms with Gasteiger partial charge in [0.2, 0.25) is 6.79 Å². The van der Waals surface area contributed by atoms with Gasteiger partial charge >= 0.3 is 0 Å². The Labute approximate surface area is 178 Å². The number of nitrogens with one attached hydrogen (secondary N) is 1. The lowest BCUT2D eigenvalue weighted by atomic mass is 10.0. The van der Waals surface area contributed by atoms with E-state index in [0.717, 1.165) is 4.90 Å². The van der Waals surface area contributed by atoms with Crippen LogP contribution >= 0.6 is 0 Å². The molecule has 0 saturated carbocycles. The third-order valence-corrected chi connectivity index (χ3v) is 5.10. The van der Waals surface area contributed by atoms with Crippen molar-refractivity contribution in [1.29, 1.82) is 0 Å². The largest absolute Gasteiger partial charge is 0.497 e. The average molecular weight is 414 g/mol. The number of rotatable bonds is 5. The molecule has 31 heavy (non-hydrogen) atoms. The summed E-state index contributed by atoms with van der Waals surface area (Å²) in [6.45, 7) is 0.151. The molecule has 2 aliphatic heterocycles. The molecule has 2 amide bonds. The van der Waals surface area contributed by atoms with Crippen molar-refractivity contribution >= 4 is 28.8 Å². The summed E-state index contributed by atoms with van der Waals surface area (Å²) in [6, 6.07) is 21.2. The minimum atomic E-state index is -0.449. The van der Waals surface area contributed by atoms with Gasteiger partial charge in [-0.3, -0.25) is 9.59 Å². The number of benzene rings is 3. The number of nitrogens with zero attached hydrogens (tertiary/aromatic N) is 1. The lowest BCUT2D eigenvalue weighted by Gasteiger charge is -2.16. The van der Waals surface area contributed by atoms with E-state index < -0.39 is 11.8 Å². The Bertz CT molecular complexity index is 1220. The first-order valence-corrected chi connectivity index (χ1v) is 9.65. The number of carbonyl (C=O) groups is 2. The zero-order valence-corrected chi connectivity index (χ0v) is 16.6. The maximum absolute atomic E-state index is 13.4. The van der Waals surface area contributed by atoms with Crippen molar-refractivity contribution in [3.05, 3.63) is 84.1 Å².